The van der Waals surface area contributed by atoms with Crippen LogP contribution in [0.25, 0.3) is 0 Å². The van der Waals surface area contributed by atoms with Gasteiger partial charge in [0.1, 0.15) is 0 Å². The fourth-order valence-electron chi connectivity index (χ4n) is 2.81. The van der Waals surface area contributed by atoms with Crippen LogP contribution in [0.2, 0.25) is 0 Å². The fraction of sp³-hybridized carbons (Fsp3) is 0.588. The summed E-state index contributed by atoms with van der Waals surface area (Å²) in [5.41, 5.74) is 2.04. The van der Waals surface area contributed by atoms with Gasteiger partial charge in [-0.15, -0.1) is 0 Å². The van der Waals surface area contributed by atoms with Crippen LogP contribution < -0.4 is 10.2 Å². The van der Waals surface area contributed by atoms with Crippen molar-refractivity contribution >= 4 is 17.3 Å². The first kappa shape index (κ1) is 15.8. The number of nitrogens with one attached hydrogen (secondary N) is 1. The maximum atomic E-state index is 11.8. The van der Waals surface area contributed by atoms with E-state index in [1.807, 2.05) is 26.0 Å². The van der Waals surface area contributed by atoms with E-state index in [9.17, 15) is 4.79 Å². The first-order chi connectivity index (χ1) is 9.97. The fourth-order valence-corrected chi connectivity index (χ4v) is 2.81. The van der Waals surface area contributed by atoms with Gasteiger partial charge in [-0.1, -0.05) is 13.8 Å². The molecule has 2 rings (SSSR count). The Hall–Kier alpha value is -1.55. The van der Waals surface area contributed by atoms with Crippen molar-refractivity contribution in [3.05, 3.63) is 24.3 Å². The molecule has 1 aliphatic rings. The van der Waals surface area contributed by atoms with Crippen molar-refractivity contribution in [2.75, 3.05) is 23.4 Å². The number of ether oxygens (including phenoxy) is 1. The minimum absolute atomic E-state index is 0.0749. The standard InChI is InChI=1S/C17H26N2O2/c1-12(2)9-17(20)18-15-5-7-16(8-6-15)19-13(3)10-21-11-14(19)4/h5-8,12-14H,9-11H2,1-4H3,(H,18,20). The van der Waals surface area contributed by atoms with Crippen molar-refractivity contribution in [3.8, 4) is 0 Å². The van der Waals surface area contributed by atoms with Crippen LogP contribution in [0.5, 0.6) is 0 Å². The maximum Gasteiger partial charge on any atom is 0.224 e. The second kappa shape index (κ2) is 6.94. The van der Waals surface area contributed by atoms with E-state index in [-0.39, 0.29) is 5.91 Å². The van der Waals surface area contributed by atoms with E-state index in [1.165, 1.54) is 5.69 Å². The first-order valence-electron chi connectivity index (χ1n) is 7.73. The number of morpholine rings is 1. The summed E-state index contributed by atoms with van der Waals surface area (Å²) in [5.74, 6) is 0.449. The number of nitrogens with zero attached hydrogens (tertiary/aromatic N) is 1. The van der Waals surface area contributed by atoms with E-state index in [4.69, 9.17) is 4.74 Å². The smallest absolute Gasteiger partial charge is 0.224 e. The van der Waals surface area contributed by atoms with Gasteiger partial charge in [-0.2, -0.15) is 0 Å². The van der Waals surface area contributed by atoms with Gasteiger partial charge in [-0.05, 0) is 44.0 Å². The summed E-state index contributed by atoms with van der Waals surface area (Å²) in [7, 11) is 0. The van der Waals surface area contributed by atoms with Crippen molar-refractivity contribution in [1.29, 1.82) is 0 Å². The highest BCUT2D eigenvalue weighted by atomic mass is 16.5. The maximum absolute atomic E-state index is 11.8. The molecule has 0 aromatic heterocycles. The van der Waals surface area contributed by atoms with Gasteiger partial charge in [0.15, 0.2) is 0 Å². The lowest BCUT2D eigenvalue weighted by Gasteiger charge is -2.40. The van der Waals surface area contributed by atoms with Crippen LogP contribution in [0.3, 0.4) is 0 Å². The Labute approximate surface area is 127 Å². The van der Waals surface area contributed by atoms with E-state index < -0.39 is 0 Å². The third-order valence-electron chi connectivity index (χ3n) is 3.71. The average Bonchev–Trinajstić information content (AvgIpc) is 2.39. The number of rotatable bonds is 4. The summed E-state index contributed by atoms with van der Waals surface area (Å²) in [6.45, 7) is 9.96. The average molecular weight is 290 g/mol. The van der Waals surface area contributed by atoms with Crippen molar-refractivity contribution in [2.45, 2.75) is 46.2 Å². The third kappa shape index (κ3) is 4.21. The number of carbonyl (C=O) groups is 1. The second-order valence-corrected chi connectivity index (χ2v) is 6.34. The number of carbonyl (C=O) groups excluding carboxylic acids is 1. The van der Waals surface area contributed by atoms with Crippen LogP contribution in [-0.4, -0.2) is 31.2 Å². The molecule has 0 spiro atoms. The summed E-state index contributed by atoms with van der Waals surface area (Å²) in [5, 5.41) is 2.94. The van der Waals surface area contributed by atoms with E-state index in [0.717, 1.165) is 18.9 Å². The van der Waals surface area contributed by atoms with E-state index >= 15 is 0 Å². The Morgan fingerprint density at radius 1 is 1.24 bits per heavy atom. The first-order valence-corrected chi connectivity index (χ1v) is 7.73. The summed E-state index contributed by atoms with van der Waals surface area (Å²) >= 11 is 0. The topological polar surface area (TPSA) is 41.6 Å². The Morgan fingerprint density at radius 2 is 1.81 bits per heavy atom. The molecule has 1 aromatic carbocycles. The molecular formula is C17H26N2O2. The van der Waals surface area contributed by atoms with Gasteiger partial charge < -0.3 is 15.0 Å². The lowest BCUT2D eigenvalue weighted by atomic mass is 10.1. The van der Waals surface area contributed by atoms with Gasteiger partial charge in [0.2, 0.25) is 5.91 Å². The van der Waals surface area contributed by atoms with Gasteiger partial charge in [-0.25, -0.2) is 0 Å². The summed E-state index contributed by atoms with van der Waals surface area (Å²) in [6.07, 6.45) is 0.555. The molecule has 21 heavy (non-hydrogen) atoms. The molecule has 1 saturated heterocycles. The second-order valence-electron chi connectivity index (χ2n) is 6.34. The molecule has 1 aromatic rings. The molecule has 1 fully saturated rings. The van der Waals surface area contributed by atoms with Gasteiger partial charge in [0, 0.05) is 29.9 Å². The number of amides is 1. The zero-order chi connectivity index (χ0) is 15.4. The molecule has 4 nitrogen and oxygen atoms in total. The molecule has 0 aliphatic carbocycles. The Bertz CT molecular complexity index is 460. The minimum Gasteiger partial charge on any atom is -0.377 e. The van der Waals surface area contributed by atoms with E-state index in [2.05, 4.69) is 36.2 Å². The molecule has 116 valence electrons. The normalized spacial score (nSPS) is 22.4. The monoisotopic (exact) mass is 290 g/mol. The number of anilines is 2. The Morgan fingerprint density at radius 3 is 2.33 bits per heavy atom. The predicted molar refractivity (Wildman–Crippen MR) is 86.7 cm³/mol. The quantitative estimate of drug-likeness (QED) is 0.925. The Balaban J connectivity index is 2.03. The van der Waals surface area contributed by atoms with Gasteiger partial charge >= 0.3 is 0 Å². The molecule has 0 saturated carbocycles. The van der Waals surface area contributed by atoms with Crippen LogP contribution in [0, 0.1) is 5.92 Å². The van der Waals surface area contributed by atoms with Crippen LogP contribution in [-0.2, 0) is 9.53 Å². The summed E-state index contributed by atoms with van der Waals surface area (Å²) in [4.78, 5) is 14.2. The minimum atomic E-state index is 0.0749. The molecule has 4 heteroatoms. The van der Waals surface area contributed by atoms with Crippen molar-refractivity contribution < 1.29 is 9.53 Å². The van der Waals surface area contributed by atoms with Gasteiger partial charge in [0.05, 0.1) is 13.2 Å². The highest BCUT2D eigenvalue weighted by molar-refractivity contribution is 5.91. The lowest BCUT2D eigenvalue weighted by Crippen LogP contribution is -2.49. The SMILES string of the molecule is CC(C)CC(=O)Nc1ccc(N2C(C)COCC2C)cc1. The number of hydrogen-bond donors (Lipinski definition) is 1. The zero-order valence-corrected chi connectivity index (χ0v) is 13.4. The third-order valence-corrected chi connectivity index (χ3v) is 3.71. The molecule has 1 amide bonds. The van der Waals surface area contributed by atoms with Crippen molar-refractivity contribution in [3.63, 3.8) is 0 Å². The highest BCUT2D eigenvalue weighted by Gasteiger charge is 2.25. The molecule has 2 unspecified atom stereocenters. The molecule has 0 radical (unpaired) electrons. The predicted octanol–water partition coefficient (Wildman–Crippen LogP) is 3.28. The number of benzene rings is 1. The molecule has 1 heterocycles. The molecule has 0 bridgehead atoms. The molecule has 1 aliphatic heterocycles. The van der Waals surface area contributed by atoms with Gasteiger partial charge in [0.25, 0.3) is 0 Å². The van der Waals surface area contributed by atoms with E-state index in [0.29, 0.717) is 24.4 Å². The largest absolute Gasteiger partial charge is 0.377 e. The zero-order valence-electron chi connectivity index (χ0n) is 13.4. The Kier molecular flexibility index (Phi) is 5.23. The van der Waals surface area contributed by atoms with Crippen LogP contribution in [0.4, 0.5) is 11.4 Å². The highest BCUT2D eigenvalue weighted by Crippen LogP contribution is 2.25. The van der Waals surface area contributed by atoms with Crippen molar-refractivity contribution in [1.82, 2.24) is 0 Å². The van der Waals surface area contributed by atoms with E-state index in [1.54, 1.807) is 0 Å². The summed E-state index contributed by atoms with van der Waals surface area (Å²) < 4.78 is 5.56. The molecule has 2 atom stereocenters. The number of hydrogen-bond acceptors (Lipinski definition) is 3. The van der Waals surface area contributed by atoms with Gasteiger partial charge in [-0.3, -0.25) is 4.79 Å². The van der Waals surface area contributed by atoms with Crippen LogP contribution in [0.1, 0.15) is 34.1 Å². The van der Waals surface area contributed by atoms with Crippen LogP contribution >= 0.6 is 0 Å². The van der Waals surface area contributed by atoms with Crippen molar-refractivity contribution in [2.24, 2.45) is 5.92 Å². The molecular weight excluding hydrogens is 264 g/mol. The summed E-state index contributed by atoms with van der Waals surface area (Å²) in [6, 6.07) is 8.84. The van der Waals surface area contributed by atoms with Crippen LogP contribution in [0.15, 0.2) is 24.3 Å². The lowest BCUT2D eigenvalue weighted by molar-refractivity contribution is -0.116. The molecule has 1 N–H and O–H groups in total.